The van der Waals surface area contributed by atoms with Crippen LogP contribution in [0.15, 0.2) is 18.3 Å². The van der Waals surface area contributed by atoms with E-state index in [0.29, 0.717) is 0 Å². The Balaban J connectivity index is 1.63. The van der Waals surface area contributed by atoms with Gasteiger partial charge < -0.3 is 10.1 Å². The van der Waals surface area contributed by atoms with Gasteiger partial charge in [-0.3, -0.25) is 4.90 Å². The quantitative estimate of drug-likeness (QED) is 0.694. The van der Waals surface area contributed by atoms with E-state index in [1.807, 2.05) is 12.3 Å². The summed E-state index contributed by atoms with van der Waals surface area (Å²) in [6.45, 7) is 6.66. The number of nitrogens with zero attached hydrogens (tertiary/aromatic N) is 2. The molecule has 1 saturated carbocycles. The van der Waals surface area contributed by atoms with E-state index in [4.69, 9.17) is 4.74 Å². The predicted molar refractivity (Wildman–Crippen MR) is 78.3 cm³/mol. The number of hydrogen-bond acceptors (Lipinski definition) is 4. The Kier molecular flexibility index (Phi) is 5.61. The highest BCUT2D eigenvalue weighted by molar-refractivity contribution is 5.35. The van der Waals surface area contributed by atoms with E-state index in [1.165, 1.54) is 18.4 Å². The first-order valence-corrected chi connectivity index (χ1v) is 7.23. The summed E-state index contributed by atoms with van der Waals surface area (Å²) in [4.78, 5) is 6.66. The molecule has 1 fully saturated rings. The van der Waals surface area contributed by atoms with Crippen LogP contribution in [-0.4, -0.2) is 43.2 Å². The molecule has 106 valence electrons. The molecule has 0 unspecified atom stereocenters. The van der Waals surface area contributed by atoms with Crippen LogP contribution in [0.4, 0.5) is 5.82 Å². The molecule has 1 aliphatic rings. The summed E-state index contributed by atoms with van der Waals surface area (Å²) in [7, 11) is 2.12. The molecule has 0 atom stereocenters. The molecule has 0 aromatic carbocycles. The van der Waals surface area contributed by atoms with Crippen LogP contribution in [0, 0.1) is 5.92 Å². The van der Waals surface area contributed by atoms with Crippen LogP contribution in [-0.2, 0) is 11.3 Å². The normalized spacial score (nSPS) is 14.9. The second-order valence-electron chi connectivity index (χ2n) is 5.34. The molecular formula is C15H25N3O. The van der Waals surface area contributed by atoms with Crippen molar-refractivity contribution in [2.45, 2.75) is 26.3 Å². The molecule has 0 bridgehead atoms. The van der Waals surface area contributed by atoms with E-state index in [9.17, 15) is 0 Å². The van der Waals surface area contributed by atoms with Gasteiger partial charge in [-0.25, -0.2) is 4.98 Å². The van der Waals surface area contributed by atoms with Gasteiger partial charge in [0, 0.05) is 32.4 Å². The molecule has 0 spiro atoms. The summed E-state index contributed by atoms with van der Waals surface area (Å²) in [5.74, 6) is 1.80. The van der Waals surface area contributed by atoms with Gasteiger partial charge in [0.15, 0.2) is 0 Å². The monoisotopic (exact) mass is 263 g/mol. The maximum absolute atomic E-state index is 5.65. The van der Waals surface area contributed by atoms with Crippen molar-refractivity contribution >= 4 is 5.82 Å². The van der Waals surface area contributed by atoms with Gasteiger partial charge in [0.1, 0.15) is 5.82 Å². The first kappa shape index (κ1) is 14.3. The van der Waals surface area contributed by atoms with Crippen molar-refractivity contribution in [1.29, 1.82) is 0 Å². The molecule has 1 N–H and O–H groups in total. The van der Waals surface area contributed by atoms with Crippen LogP contribution in [0.5, 0.6) is 0 Å². The highest BCUT2D eigenvalue weighted by Gasteiger charge is 2.20. The van der Waals surface area contributed by atoms with E-state index in [1.54, 1.807) is 0 Å². The zero-order valence-electron chi connectivity index (χ0n) is 12.1. The molecule has 1 heterocycles. The van der Waals surface area contributed by atoms with Gasteiger partial charge >= 0.3 is 0 Å². The minimum atomic E-state index is 0.829. The smallest absolute Gasteiger partial charge is 0.125 e. The fraction of sp³-hybridized carbons (Fsp3) is 0.667. The number of anilines is 1. The van der Waals surface area contributed by atoms with Crippen LogP contribution in [0.1, 0.15) is 25.3 Å². The Hall–Kier alpha value is -1.13. The SMILES string of the molecule is CCNc1ccc(CN(C)CCOCC2CC2)cn1. The third-order valence-electron chi connectivity index (χ3n) is 3.30. The largest absolute Gasteiger partial charge is 0.380 e. The van der Waals surface area contributed by atoms with Gasteiger partial charge in [-0.1, -0.05) is 6.07 Å². The van der Waals surface area contributed by atoms with Gasteiger partial charge in [0.2, 0.25) is 0 Å². The van der Waals surface area contributed by atoms with E-state index >= 15 is 0 Å². The number of aromatic nitrogens is 1. The number of ether oxygens (including phenoxy) is 1. The molecule has 0 saturated heterocycles. The van der Waals surface area contributed by atoms with E-state index < -0.39 is 0 Å². The Bertz CT molecular complexity index is 362. The number of hydrogen-bond donors (Lipinski definition) is 1. The predicted octanol–water partition coefficient (Wildman–Crippen LogP) is 2.37. The summed E-state index contributed by atoms with van der Waals surface area (Å²) in [5.41, 5.74) is 1.24. The van der Waals surface area contributed by atoms with Crippen molar-refractivity contribution < 1.29 is 4.74 Å². The fourth-order valence-electron chi connectivity index (χ4n) is 1.95. The zero-order chi connectivity index (χ0) is 13.5. The first-order chi connectivity index (χ1) is 9.28. The minimum Gasteiger partial charge on any atom is -0.380 e. The van der Waals surface area contributed by atoms with Crippen molar-refractivity contribution in [2.24, 2.45) is 5.92 Å². The topological polar surface area (TPSA) is 37.4 Å². The van der Waals surface area contributed by atoms with E-state index in [0.717, 1.165) is 44.6 Å². The van der Waals surface area contributed by atoms with Crippen LogP contribution in [0.25, 0.3) is 0 Å². The lowest BCUT2D eigenvalue weighted by Crippen LogP contribution is -2.23. The second-order valence-corrected chi connectivity index (χ2v) is 5.34. The van der Waals surface area contributed by atoms with Crippen molar-refractivity contribution in [1.82, 2.24) is 9.88 Å². The first-order valence-electron chi connectivity index (χ1n) is 7.23. The van der Waals surface area contributed by atoms with Crippen molar-refractivity contribution in [2.75, 3.05) is 38.7 Å². The van der Waals surface area contributed by atoms with Crippen LogP contribution >= 0.6 is 0 Å². The summed E-state index contributed by atoms with van der Waals surface area (Å²) in [6.07, 6.45) is 4.67. The Labute approximate surface area is 116 Å². The molecule has 0 amide bonds. The van der Waals surface area contributed by atoms with Crippen molar-refractivity contribution in [3.63, 3.8) is 0 Å². The van der Waals surface area contributed by atoms with Crippen molar-refractivity contribution in [3.05, 3.63) is 23.9 Å². The molecule has 2 rings (SSSR count). The zero-order valence-corrected chi connectivity index (χ0v) is 12.1. The summed E-state index contributed by atoms with van der Waals surface area (Å²) in [6, 6.07) is 4.17. The average Bonchev–Trinajstić information content (AvgIpc) is 3.22. The third kappa shape index (κ3) is 5.57. The highest BCUT2D eigenvalue weighted by Crippen LogP contribution is 2.28. The number of pyridine rings is 1. The van der Waals surface area contributed by atoms with Gasteiger partial charge in [-0.05, 0) is 44.4 Å². The van der Waals surface area contributed by atoms with Gasteiger partial charge in [-0.2, -0.15) is 0 Å². The maximum atomic E-state index is 5.65. The van der Waals surface area contributed by atoms with Crippen LogP contribution < -0.4 is 5.32 Å². The van der Waals surface area contributed by atoms with E-state index in [2.05, 4.69) is 35.2 Å². The van der Waals surface area contributed by atoms with Gasteiger partial charge in [-0.15, -0.1) is 0 Å². The molecule has 19 heavy (non-hydrogen) atoms. The number of likely N-dealkylation sites (N-methyl/N-ethyl adjacent to an activating group) is 1. The van der Waals surface area contributed by atoms with Crippen molar-refractivity contribution in [3.8, 4) is 0 Å². The number of rotatable bonds is 9. The molecule has 0 radical (unpaired) electrons. The Morgan fingerprint density at radius 2 is 2.26 bits per heavy atom. The van der Waals surface area contributed by atoms with Crippen LogP contribution in [0.2, 0.25) is 0 Å². The Morgan fingerprint density at radius 1 is 1.42 bits per heavy atom. The molecule has 1 aromatic heterocycles. The molecule has 1 aromatic rings. The maximum Gasteiger partial charge on any atom is 0.125 e. The number of nitrogens with one attached hydrogen (secondary N) is 1. The lowest BCUT2D eigenvalue weighted by molar-refractivity contribution is 0.102. The van der Waals surface area contributed by atoms with Gasteiger partial charge in [0.05, 0.1) is 6.61 Å². The average molecular weight is 263 g/mol. The molecule has 0 aliphatic heterocycles. The molecular weight excluding hydrogens is 238 g/mol. The lowest BCUT2D eigenvalue weighted by atomic mass is 10.2. The van der Waals surface area contributed by atoms with Gasteiger partial charge in [0.25, 0.3) is 0 Å². The molecule has 4 nitrogen and oxygen atoms in total. The summed E-state index contributed by atoms with van der Waals surface area (Å²) in [5, 5.41) is 3.20. The summed E-state index contributed by atoms with van der Waals surface area (Å²) >= 11 is 0. The molecule has 1 aliphatic carbocycles. The minimum absolute atomic E-state index is 0.829. The summed E-state index contributed by atoms with van der Waals surface area (Å²) < 4.78 is 5.65. The second kappa shape index (κ2) is 7.46. The fourth-order valence-corrected chi connectivity index (χ4v) is 1.95. The Morgan fingerprint density at radius 3 is 2.89 bits per heavy atom. The lowest BCUT2D eigenvalue weighted by Gasteiger charge is -2.16. The highest BCUT2D eigenvalue weighted by atomic mass is 16.5. The third-order valence-corrected chi connectivity index (χ3v) is 3.30. The van der Waals surface area contributed by atoms with Crippen LogP contribution in [0.3, 0.4) is 0 Å². The molecule has 4 heteroatoms. The van der Waals surface area contributed by atoms with E-state index in [-0.39, 0.29) is 0 Å². The standard InChI is InChI=1S/C15H25N3O/c1-3-16-15-7-6-14(10-17-15)11-18(2)8-9-19-12-13-4-5-13/h6-7,10,13H,3-5,8-9,11-12H2,1-2H3,(H,16,17).